The molecule has 0 atom stereocenters. The number of carbonyl (C=O) groups is 1. The Hall–Kier alpha value is -1.81. The molecule has 1 heterocycles. The predicted molar refractivity (Wildman–Crippen MR) is 76.5 cm³/mol. The minimum Gasteiger partial charge on any atom is -0.478 e. The van der Waals surface area contributed by atoms with Crippen molar-refractivity contribution in [3.05, 3.63) is 51.8 Å². The van der Waals surface area contributed by atoms with Gasteiger partial charge in [0.1, 0.15) is 10.7 Å². The lowest BCUT2D eigenvalue weighted by molar-refractivity contribution is 0.0695. The summed E-state index contributed by atoms with van der Waals surface area (Å²) in [5.74, 6) is -0.732. The van der Waals surface area contributed by atoms with Crippen LogP contribution in [0.4, 0.5) is 0 Å². The van der Waals surface area contributed by atoms with Crippen molar-refractivity contribution in [3.8, 4) is 0 Å². The van der Waals surface area contributed by atoms with E-state index in [-0.39, 0.29) is 16.6 Å². The topological polar surface area (TPSA) is 55.1 Å². The quantitative estimate of drug-likeness (QED) is 0.938. The van der Waals surface area contributed by atoms with Gasteiger partial charge in [0.05, 0.1) is 12.2 Å². The first kappa shape index (κ1) is 13.2. The van der Waals surface area contributed by atoms with E-state index in [1.54, 1.807) is 4.68 Å². The van der Waals surface area contributed by atoms with Gasteiger partial charge in [0.15, 0.2) is 0 Å². The molecule has 1 aliphatic carbocycles. The third-order valence-corrected chi connectivity index (χ3v) is 3.89. The zero-order valence-electron chi connectivity index (χ0n) is 11.1. The molecule has 4 nitrogen and oxygen atoms in total. The molecule has 1 fully saturated rings. The van der Waals surface area contributed by atoms with E-state index in [0.717, 1.165) is 24.0 Å². The average molecular weight is 291 g/mol. The molecule has 0 bridgehead atoms. The Morgan fingerprint density at radius 1 is 1.50 bits per heavy atom. The Kier molecular flexibility index (Phi) is 3.26. The Bertz CT molecular complexity index is 675. The number of nitrogens with zero attached hydrogens (tertiary/aromatic N) is 2. The SMILES string of the molecule is Cc1cccc(Cn2nc(C3CC3)c(C(=O)O)c2Cl)c1. The molecule has 1 aromatic heterocycles. The number of aromatic nitrogens is 2. The summed E-state index contributed by atoms with van der Waals surface area (Å²) in [7, 11) is 0. The van der Waals surface area contributed by atoms with Crippen LogP contribution in [0.25, 0.3) is 0 Å². The predicted octanol–water partition coefficient (Wildman–Crippen LogP) is 3.47. The molecule has 20 heavy (non-hydrogen) atoms. The van der Waals surface area contributed by atoms with Gasteiger partial charge in [-0.1, -0.05) is 41.4 Å². The van der Waals surface area contributed by atoms with Crippen molar-refractivity contribution in [2.45, 2.75) is 32.2 Å². The first-order valence-corrected chi connectivity index (χ1v) is 6.99. The molecule has 0 unspecified atom stereocenters. The number of carboxylic acids is 1. The molecule has 3 rings (SSSR count). The van der Waals surface area contributed by atoms with Crippen molar-refractivity contribution in [2.24, 2.45) is 0 Å². The van der Waals surface area contributed by atoms with Gasteiger partial charge in [-0.25, -0.2) is 9.48 Å². The standard InChI is InChI=1S/C15H15ClN2O2/c1-9-3-2-4-10(7-9)8-18-14(16)12(15(19)20)13(17-18)11-5-6-11/h2-4,7,11H,5-6,8H2,1H3,(H,19,20). The number of halogens is 1. The molecule has 1 aromatic carbocycles. The van der Waals surface area contributed by atoms with Gasteiger partial charge in [0.25, 0.3) is 0 Å². The van der Waals surface area contributed by atoms with Gasteiger partial charge >= 0.3 is 5.97 Å². The van der Waals surface area contributed by atoms with E-state index in [1.807, 2.05) is 25.1 Å². The normalized spacial score (nSPS) is 14.5. The maximum Gasteiger partial charge on any atom is 0.340 e. The molecular weight excluding hydrogens is 276 g/mol. The highest BCUT2D eigenvalue weighted by molar-refractivity contribution is 6.32. The number of aryl methyl sites for hydroxylation is 1. The summed E-state index contributed by atoms with van der Waals surface area (Å²) in [5, 5.41) is 14.0. The molecule has 1 N–H and O–H groups in total. The first-order chi connectivity index (χ1) is 9.56. The minimum absolute atomic E-state index is 0.168. The third kappa shape index (κ3) is 2.43. The summed E-state index contributed by atoms with van der Waals surface area (Å²) in [5.41, 5.74) is 3.03. The second-order valence-electron chi connectivity index (χ2n) is 5.28. The van der Waals surface area contributed by atoms with Crippen LogP contribution in [0.15, 0.2) is 24.3 Å². The highest BCUT2D eigenvalue weighted by Crippen LogP contribution is 2.42. The van der Waals surface area contributed by atoms with Crippen LogP contribution in [0.2, 0.25) is 5.15 Å². The lowest BCUT2D eigenvalue weighted by Gasteiger charge is -2.04. The molecule has 2 aromatic rings. The molecule has 0 aliphatic heterocycles. The molecule has 104 valence electrons. The fraction of sp³-hybridized carbons (Fsp3) is 0.333. The Labute approximate surface area is 122 Å². The zero-order chi connectivity index (χ0) is 14.3. The molecule has 0 spiro atoms. The van der Waals surface area contributed by atoms with Crippen LogP contribution >= 0.6 is 11.6 Å². The van der Waals surface area contributed by atoms with Crippen molar-refractivity contribution in [3.63, 3.8) is 0 Å². The molecule has 0 saturated heterocycles. The van der Waals surface area contributed by atoms with E-state index in [2.05, 4.69) is 11.2 Å². The van der Waals surface area contributed by atoms with Crippen molar-refractivity contribution in [1.82, 2.24) is 9.78 Å². The van der Waals surface area contributed by atoms with E-state index in [1.165, 1.54) is 0 Å². The second-order valence-corrected chi connectivity index (χ2v) is 5.64. The van der Waals surface area contributed by atoms with Gasteiger partial charge < -0.3 is 5.11 Å². The second kappa shape index (κ2) is 4.94. The van der Waals surface area contributed by atoms with Crippen LogP contribution < -0.4 is 0 Å². The number of hydrogen-bond donors (Lipinski definition) is 1. The summed E-state index contributed by atoms with van der Waals surface area (Å²) >= 11 is 6.21. The Morgan fingerprint density at radius 3 is 2.85 bits per heavy atom. The average Bonchev–Trinajstić information content (AvgIpc) is 3.16. The lowest BCUT2D eigenvalue weighted by atomic mass is 10.1. The van der Waals surface area contributed by atoms with Crippen LogP contribution in [-0.4, -0.2) is 20.9 Å². The molecule has 1 aliphatic rings. The fourth-order valence-corrected chi connectivity index (χ4v) is 2.66. The third-order valence-electron chi connectivity index (χ3n) is 3.51. The van der Waals surface area contributed by atoms with Crippen molar-refractivity contribution < 1.29 is 9.90 Å². The molecule has 0 amide bonds. The van der Waals surface area contributed by atoms with Crippen LogP contribution in [0.1, 0.15) is 45.9 Å². The van der Waals surface area contributed by atoms with E-state index in [9.17, 15) is 9.90 Å². The minimum atomic E-state index is -0.993. The van der Waals surface area contributed by atoms with Gasteiger partial charge in [0.2, 0.25) is 0 Å². The smallest absolute Gasteiger partial charge is 0.340 e. The summed E-state index contributed by atoms with van der Waals surface area (Å²) in [6, 6.07) is 8.03. The van der Waals surface area contributed by atoms with E-state index >= 15 is 0 Å². The number of benzene rings is 1. The summed E-state index contributed by atoms with van der Waals surface area (Å²) in [6.07, 6.45) is 2.00. The van der Waals surface area contributed by atoms with Crippen LogP contribution in [-0.2, 0) is 6.54 Å². The molecular formula is C15H15ClN2O2. The molecule has 0 radical (unpaired) electrons. The molecule has 1 saturated carbocycles. The number of hydrogen-bond acceptors (Lipinski definition) is 2. The van der Waals surface area contributed by atoms with Crippen LogP contribution in [0.5, 0.6) is 0 Å². The fourth-order valence-electron chi connectivity index (χ4n) is 2.39. The zero-order valence-corrected chi connectivity index (χ0v) is 11.9. The highest BCUT2D eigenvalue weighted by Gasteiger charge is 2.34. The summed E-state index contributed by atoms with van der Waals surface area (Å²) < 4.78 is 1.59. The maximum absolute atomic E-state index is 11.4. The van der Waals surface area contributed by atoms with E-state index in [4.69, 9.17) is 11.6 Å². The van der Waals surface area contributed by atoms with Crippen molar-refractivity contribution in [1.29, 1.82) is 0 Å². The van der Waals surface area contributed by atoms with Gasteiger partial charge in [-0.3, -0.25) is 0 Å². The van der Waals surface area contributed by atoms with Crippen LogP contribution in [0, 0.1) is 6.92 Å². The number of aromatic carboxylic acids is 1. The maximum atomic E-state index is 11.4. The Morgan fingerprint density at radius 2 is 2.25 bits per heavy atom. The van der Waals surface area contributed by atoms with Gasteiger partial charge in [-0.05, 0) is 25.3 Å². The van der Waals surface area contributed by atoms with Crippen molar-refractivity contribution in [2.75, 3.05) is 0 Å². The molecule has 5 heteroatoms. The van der Waals surface area contributed by atoms with Crippen LogP contribution in [0.3, 0.4) is 0 Å². The number of carboxylic acid groups (broad SMARTS) is 1. The first-order valence-electron chi connectivity index (χ1n) is 6.61. The van der Waals surface area contributed by atoms with E-state index in [0.29, 0.717) is 12.2 Å². The highest BCUT2D eigenvalue weighted by atomic mass is 35.5. The van der Waals surface area contributed by atoms with Crippen molar-refractivity contribution >= 4 is 17.6 Å². The van der Waals surface area contributed by atoms with E-state index < -0.39 is 5.97 Å². The summed E-state index contributed by atoms with van der Waals surface area (Å²) in [6.45, 7) is 2.51. The van der Waals surface area contributed by atoms with Gasteiger partial charge in [0, 0.05) is 5.92 Å². The van der Waals surface area contributed by atoms with Gasteiger partial charge in [-0.15, -0.1) is 0 Å². The number of rotatable bonds is 4. The monoisotopic (exact) mass is 290 g/mol. The Balaban J connectivity index is 1.97. The summed E-state index contributed by atoms with van der Waals surface area (Å²) in [4.78, 5) is 11.4. The van der Waals surface area contributed by atoms with Gasteiger partial charge in [-0.2, -0.15) is 5.10 Å². The lowest BCUT2D eigenvalue weighted by Crippen LogP contribution is -2.03. The largest absolute Gasteiger partial charge is 0.478 e.